The van der Waals surface area contributed by atoms with Crippen LogP contribution < -0.4 is 4.74 Å². The van der Waals surface area contributed by atoms with E-state index in [1.807, 2.05) is 0 Å². The molecule has 5 nitrogen and oxygen atoms in total. The van der Waals surface area contributed by atoms with Crippen molar-refractivity contribution < 1.29 is 22.7 Å². The number of benzene rings is 1. The van der Waals surface area contributed by atoms with Gasteiger partial charge in [-0.2, -0.15) is 0 Å². The number of esters is 1. The second-order valence-corrected chi connectivity index (χ2v) is 8.22. The Bertz CT molecular complexity index is 711. The summed E-state index contributed by atoms with van der Waals surface area (Å²) in [5, 5.41) is -0.0789. The van der Waals surface area contributed by atoms with Gasteiger partial charge in [0.25, 0.3) is 0 Å². The maximum absolute atomic E-state index is 11.9. The molecule has 0 heterocycles. The Hall–Kier alpha value is -1.40. The monoisotopic (exact) mass is 358 g/mol. The second kappa shape index (κ2) is 7.45. The molecule has 1 aromatic carbocycles. The van der Waals surface area contributed by atoms with Crippen molar-refractivity contribution >= 4 is 33.2 Å². The van der Waals surface area contributed by atoms with Gasteiger partial charge in [-0.15, -0.1) is 0 Å². The molecule has 1 unspecified atom stereocenters. The molecule has 0 aliphatic heterocycles. The molecule has 0 spiro atoms. The minimum Gasteiger partial charge on any atom is -0.425 e. The van der Waals surface area contributed by atoms with Gasteiger partial charge >= 0.3 is 5.97 Å². The topological polar surface area (TPSA) is 77.5 Å². The molecule has 0 amide bonds. The number of rotatable bonds is 6. The van der Waals surface area contributed by atoms with Crippen LogP contribution in [0.3, 0.4) is 0 Å². The van der Waals surface area contributed by atoms with E-state index in [-0.39, 0.29) is 22.1 Å². The molecule has 23 heavy (non-hydrogen) atoms. The number of carbonyl (C=O) groups excluding carboxylic acids is 2. The summed E-state index contributed by atoms with van der Waals surface area (Å²) in [7, 11) is -3.48. The second-order valence-electron chi connectivity index (χ2n) is 5.85. The number of halogens is 1. The SMILES string of the molecule is CS(=O)(=O)c1cccc(OC(=O)CCCC2CCC(=O)C2)c1Cl. The fraction of sp³-hybridized carbons (Fsp3) is 0.500. The first-order chi connectivity index (χ1) is 10.8. The number of hydrogen-bond acceptors (Lipinski definition) is 5. The highest BCUT2D eigenvalue weighted by Crippen LogP contribution is 2.32. The quantitative estimate of drug-likeness (QED) is 0.576. The lowest BCUT2D eigenvalue weighted by Gasteiger charge is -2.10. The fourth-order valence-electron chi connectivity index (χ4n) is 2.70. The van der Waals surface area contributed by atoms with Crippen LogP contribution in [0, 0.1) is 5.92 Å². The molecule has 0 aromatic heterocycles. The Balaban J connectivity index is 1.89. The van der Waals surface area contributed by atoms with E-state index in [2.05, 4.69) is 0 Å². The van der Waals surface area contributed by atoms with E-state index < -0.39 is 15.8 Å². The number of carbonyl (C=O) groups is 2. The lowest BCUT2D eigenvalue weighted by molar-refractivity contribution is -0.134. The average Bonchev–Trinajstić information content (AvgIpc) is 2.85. The Morgan fingerprint density at radius 3 is 2.74 bits per heavy atom. The molecular formula is C16H19ClO5S. The maximum atomic E-state index is 11.9. The van der Waals surface area contributed by atoms with E-state index in [1.54, 1.807) is 0 Å². The van der Waals surface area contributed by atoms with Crippen LogP contribution in [-0.4, -0.2) is 26.4 Å². The number of hydrogen-bond donors (Lipinski definition) is 0. The first-order valence-electron chi connectivity index (χ1n) is 7.48. The lowest BCUT2D eigenvalue weighted by Crippen LogP contribution is -2.10. The Morgan fingerprint density at radius 2 is 2.13 bits per heavy atom. The van der Waals surface area contributed by atoms with Crippen molar-refractivity contribution in [1.29, 1.82) is 0 Å². The van der Waals surface area contributed by atoms with E-state index in [0.717, 1.165) is 19.1 Å². The third-order valence-corrected chi connectivity index (χ3v) is 5.53. The lowest BCUT2D eigenvalue weighted by atomic mass is 10.0. The molecular weight excluding hydrogens is 340 g/mol. The third kappa shape index (κ3) is 5.04. The molecule has 126 valence electrons. The minimum atomic E-state index is -3.48. The summed E-state index contributed by atoms with van der Waals surface area (Å²) in [6, 6.07) is 4.31. The normalized spacial score (nSPS) is 18.2. The fourth-order valence-corrected chi connectivity index (χ4v) is 4.04. The number of ether oxygens (including phenoxy) is 1. The molecule has 1 fully saturated rings. The minimum absolute atomic E-state index is 0.0515. The van der Waals surface area contributed by atoms with Gasteiger partial charge in [0.05, 0.1) is 4.90 Å². The van der Waals surface area contributed by atoms with Crippen molar-refractivity contribution in [3.05, 3.63) is 23.2 Å². The van der Waals surface area contributed by atoms with Gasteiger partial charge in [-0.3, -0.25) is 9.59 Å². The van der Waals surface area contributed by atoms with Crippen molar-refractivity contribution in [3.63, 3.8) is 0 Å². The van der Waals surface area contributed by atoms with Crippen LogP contribution in [0.5, 0.6) is 5.75 Å². The van der Waals surface area contributed by atoms with Crippen LogP contribution in [0.15, 0.2) is 23.1 Å². The van der Waals surface area contributed by atoms with Crippen LogP contribution in [0.2, 0.25) is 5.02 Å². The Labute approximate surface area is 140 Å². The highest BCUT2D eigenvalue weighted by atomic mass is 35.5. The summed E-state index contributed by atoms with van der Waals surface area (Å²) < 4.78 is 28.3. The van der Waals surface area contributed by atoms with Gasteiger partial charge in [-0.05, 0) is 37.3 Å². The average molecular weight is 359 g/mol. The van der Waals surface area contributed by atoms with E-state index in [0.29, 0.717) is 31.0 Å². The molecule has 1 aromatic rings. The van der Waals surface area contributed by atoms with Gasteiger partial charge in [0.15, 0.2) is 15.6 Å². The van der Waals surface area contributed by atoms with Crippen LogP contribution in [0.4, 0.5) is 0 Å². The molecule has 1 atom stereocenters. The molecule has 2 rings (SSSR count). The summed E-state index contributed by atoms with van der Waals surface area (Å²) in [6.45, 7) is 0. The molecule has 0 saturated heterocycles. The number of sulfone groups is 1. The first-order valence-corrected chi connectivity index (χ1v) is 9.75. The molecule has 0 bridgehead atoms. The number of ketones is 1. The third-order valence-electron chi connectivity index (χ3n) is 3.89. The predicted octanol–water partition coefficient (Wildman–Crippen LogP) is 3.19. The van der Waals surface area contributed by atoms with Gasteiger partial charge < -0.3 is 4.74 Å². The van der Waals surface area contributed by atoms with E-state index in [4.69, 9.17) is 16.3 Å². The predicted molar refractivity (Wildman–Crippen MR) is 86.4 cm³/mol. The van der Waals surface area contributed by atoms with E-state index >= 15 is 0 Å². The zero-order chi connectivity index (χ0) is 17.0. The van der Waals surface area contributed by atoms with Crippen molar-refractivity contribution in [2.75, 3.05) is 6.26 Å². The van der Waals surface area contributed by atoms with Gasteiger partial charge in [-0.1, -0.05) is 17.7 Å². The van der Waals surface area contributed by atoms with Crippen molar-refractivity contribution in [3.8, 4) is 5.75 Å². The van der Waals surface area contributed by atoms with Gasteiger partial charge in [0, 0.05) is 25.5 Å². The highest BCUT2D eigenvalue weighted by Gasteiger charge is 2.22. The van der Waals surface area contributed by atoms with Gasteiger partial charge in [-0.25, -0.2) is 8.42 Å². The summed E-state index contributed by atoms with van der Waals surface area (Å²) >= 11 is 6.00. The largest absolute Gasteiger partial charge is 0.425 e. The summed E-state index contributed by atoms with van der Waals surface area (Å²) in [6.07, 6.45) is 4.86. The number of Topliss-reactive ketones (excluding diaryl/α,β-unsaturated/α-hetero) is 1. The highest BCUT2D eigenvalue weighted by molar-refractivity contribution is 7.90. The van der Waals surface area contributed by atoms with Crippen molar-refractivity contribution in [2.45, 2.75) is 43.4 Å². The van der Waals surface area contributed by atoms with Gasteiger partial charge in [0.1, 0.15) is 10.8 Å². The standard InChI is InChI=1S/C16H19ClO5S/c1-23(20,21)14-6-3-5-13(16(14)17)22-15(19)7-2-4-11-8-9-12(18)10-11/h3,5-6,11H,2,4,7-10H2,1H3. The summed E-state index contributed by atoms with van der Waals surface area (Å²) in [4.78, 5) is 23.0. The summed E-state index contributed by atoms with van der Waals surface area (Å²) in [5.41, 5.74) is 0. The molecule has 1 saturated carbocycles. The van der Waals surface area contributed by atoms with Crippen molar-refractivity contribution in [1.82, 2.24) is 0 Å². The first kappa shape index (κ1) is 17.9. The zero-order valence-electron chi connectivity index (χ0n) is 12.9. The molecule has 7 heteroatoms. The van der Waals surface area contributed by atoms with Crippen LogP contribution in [-0.2, 0) is 19.4 Å². The van der Waals surface area contributed by atoms with Gasteiger partial charge in [0.2, 0.25) is 0 Å². The maximum Gasteiger partial charge on any atom is 0.311 e. The smallest absolute Gasteiger partial charge is 0.311 e. The van der Waals surface area contributed by atoms with Crippen LogP contribution >= 0.6 is 11.6 Å². The Morgan fingerprint density at radius 1 is 1.39 bits per heavy atom. The van der Waals surface area contributed by atoms with Crippen LogP contribution in [0.25, 0.3) is 0 Å². The van der Waals surface area contributed by atoms with E-state index in [1.165, 1.54) is 18.2 Å². The molecule has 1 aliphatic carbocycles. The zero-order valence-corrected chi connectivity index (χ0v) is 14.5. The Kier molecular flexibility index (Phi) is 5.81. The van der Waals surface area contributed by atoms with Crippen LogP contribution in [0.1, 0.15) is 38.5 Å². The summed E-state index contributed by atoms with van der Waals surface area (Å²) in [5.74, 6) is 0.256. The molecule has 1 aliphatic rings. The van der Waals surface area contributed by atoms with Crippen molar-refractivity contribution in [2.24, 2.45) is 5.92 Å². The molecule has 0 N–H and O–H groups in total. The van der Waals surface area contributed by atoms with E-state index in [9.17, 15) is 18.0 Å². The molecule has 0 radical (unpaired) electrons.